The monoisotopic (exact) mass is 328 g/mol. The zero-order valence-electron chi connectivity index (χ0n) is 14.4. The van der Waals surface area contributed by atoms with Crippen LogP contribution in [0.25, 0.3) is 11.3 Å². The summed E-state index contributed by atoms with van der Waals surface area (Å²) in [6.07, 6.45) is 1.82. The second-order valence-electron chi connectivity index (χ2n) is 7.06. The molecule has 1 aliphatic rings. The summed E-state index contributed by atoms with van der Waals surface area (Å²) >= 11 is 0. The second-order valence-corrected chi connectivity index (χ2v) is 7.06. The molecular weight excluding hydrogens is 304 g/mol. The van der Waals surface area contributed by atoms with Crippen molar-refractivity contribution in [2.75, 3.05) is 13.7 Å². The molecule has 0 aliphatic heterocycles. The number of amides is 1. The van der Waals surface area contributed by atoms with Gasteiger partial charge in [-0.3, -0.25) is 4.79 Å². The average Bonchev–Trinajstić information content (AvgIpc) is 3.04. The maximum absolute atomic E-state index is 11.7. The van der Waals surface area contributed by atoms with Crippen LogP contribution in [0.15, 0.2) is 40.9 Å². The number of nitrogens with one attached hydrogen (secondary N) is 1. The fourth-order valence-electron chi connectivity index (χ4n) is 3.37. The number of benzene rings is 1. The van der Waals surface area contributed by atoms with Gasteiger partial charge < -0.3 is 14.6 Å². The van der Waals surface area contributed by atoms with E-state index < -0.39 is 0 Å². The number of aromatic nitrogens is 1. The second kappa shape index (κ2) is 6.77. The van der Waals surface area contributed by atoms with E-state index in [1.807, 2.05) is 36.4 Å². The van der Waals surface area contributed by atoms with Gasteiger partial charge in [0.1, 0.15) is 6.61 Å². The van der Waals surface area contributed by atoms with Crippen molar-refractivity contribution in [3.05, 3.63) is 42.1 Å². The molecule has 1 amide bonds. The summed E-state index contributed by atoms with van der Waals surface area (Å²) in [6, 6.07) is 12.2. The minimum Gasteiger partial charge on any atom is -0.375 e. The van der Waals surface area contributed by atoms with E-state index >= 15 is 0 Å². The van der Waals surface area contributed by atoms with Crippen LogP contribution < -0.4 is 5.32 Å². The fourth-order valence-corrected chi connectivity index (χ4v) is 3.37. The van der Waals surface area contributed by atoms with Gasteiger partial charge in [-0.1, -0.05) is 49.3 Å². The number of ether oxygens (including phenoxy) is 1. The highest BCUT2D eigenvalue weighted by Crippen LogP contribution is 2.47. The van der Waals surface area contributed by atoms with Crippen LogP contribution in [0.2, 0.25) is 0 Å². The third-order valence-corrected chi connectivity index (χ3v) is 5.15. The molecule has 128 valence electrons. The molecule has 2 unspecified atom stereocenters. The van der Waals surface area contributed by atoms with Crippen LogP contribution in [-0.2, 0) is 16.0 Å². The summed E-state index contributed by atoms with van der Waals surface area (Å²) in [6.45, 7) is 4.50. The van der Waals surface area contributed by atoms with Crippen molar-refractivity contribution >= 4 is 5.91 Å². The maximum Gasteiger partial charge on any atom is 0.246 e. The molecule has 2 atom stereocenters. The molecule has 0 spiro atoms. The van der Waals surface area contributed by atoms with Gasteiger partial charge in [-0.25, -0.2) is 0 Å². The van der Waals surface area contributed by atoms with Gasteiger partial charge in [0.2, 0.25) is 5.91 Å². The molecule has 1 aromatic heterocycles. The largest absolute Gasteiger partial charge is 0.375 e. The van der Waals surface area contributed by atoms with E-state index in [1.54, 1.807) is 0 Å². The first kappa shape index (κ1) is 16.7. The first-order valence-electron chi connectivity index (χ1n) is 8.30. The Bertz CT molecular complexity index is 694. The topological polar surface area (TPSA) is 64.4 Å². The smallest absolute Gasteiger partial charge is 0.246 e. The Morgan fingerprint density at radius 2 is 2.12 bits per heavy atom. The highest BCUT2D eigenvalue weighted by atomic mass is 16.5. The molecule has 0 saturated heterocycles. The Kier molecular flexibility index (Phi) is 4.71. The minimum atomic E-state index is -0.0539. The molecule has 1 heterocycles. The van der Waals surface area contributed by atoms with Crippen LogP contribution in [0.1, 0.15) is 26.0 Å². The highest BCUT2D eigenvalue weighted by molar-refractivity contribution is 5.77. The molecular formula is C19H24N2O3. The zero-order valence-corrected chi connectivity index (χ0v) is 14.4. The van der Waals surface area contributed by atoms with E-state index in [1.165, 1.54) is 7.11 Å². The van der Waals surface area contributed by atoms with Crippen molar-refractivity contribution in [2.24, 2.45) is 11.3 Å². The summed E-state index contributed by atoms with van der Waals surface area (Å²) in [5.41, 5.74) is 2.04. The Labute approximate surface area is 142 Å². The molecule has 1 fully saturated rings. The molecule has 3 rings (SSSR count). The number of carbonyl (C=O) groups is 1. The molecule has 1 aromatic carbocycles. The normalized spacial score (nSPS) is 22.0. The van der Waals surface area contributed by atoms with E-state index in [2.05, 4.69) is 24.3 Å². The predicted octanol–water partition coefficient (Wildman–Crippen LogP) is 3.06. The quantitative estimate of drug-likeness (QED) is 0.885. The number of hydrogen-bond acceptors (Lipinski definition) is 4. The number of hydrogen-bond donors (Lipinski definition) is 1. The van der Waals surface area contributed by atoms with Gasteiger partial charge in [-0.15, -0.1) is 0 Å². The van der Waals surface area contributed by atoms with E-state index in [0.29, 0.717) is 5.92 Å². The number of carbonyl (C=O) groups excluding carboxylic acids is 1. The van der Waals surface area contributed by atoms with Crippen LogP contribution in [0, 0.1) is 11.3 Å². The van der Waals surface area contributed by atoms with Gasteiger partial charge in [-0.2, -0.15) is 0 Å². The molecule has 1 saturated carbocycles. The van der Waals surface area contributed by atoms with E-state index in [9.17, 15) is 4.79 Å². The summed E-state index contributed by atoms with van der Waals surface area (Å²) in [5, 5.41) is 7.26. The lowest BCUT2D eigenvalue weighted by atomic mass is 9.57. The van der Waals surface area contributed by atoms with Crippen molar-refractivity contribution in [1.29, 1.82) is 0 Å². The first-order chi connectivity index (χ1) is 11.5. The van der Waals surface area contributed by atoms with Crippen LogP contribution in [0.4, 0.5) is 0 Å². The van der Waals surface area contributed by atoms with Crippen molar-refractivity contribution in [3.8, 4) is 11.3 Å². The van der Waals surface area contributed by atoms with Gasteiger partial charge in [0, 0.05) is 24.8 Å². The lowest BCUT2D eigenvalue weighted by Crippen LogP contribution is -2.59. The summed E-state index contributed by atoms with van der Waals surface area (Å²) in [5.74, 6) is 1.22. The Morgan fingerprint density at radius 1 is 1.38 bits per heavy atom. The molecule has 1 aliphatic carbocycles. The van der Waals surface area contributed by atoms with Gasteiger partial charge in [0.25, 0.3) is 0 Å². The van der Waals surface area contributed by atoms with E-state index in [0.717, 1.165) is 29.9 Å². The van der Waals surface area contributed by atoms with E-state index in [-0.39, 0.29) is 24.0 Å². The van der Waals surface area contributed by atoms with E-state index in [4.69, 9.17) is 9.26 Å². The summed E-state index contributed by atoms with van der Waals surface area (Å²) in [7, 11) is 1.53. The van der Waals surface area contributed by atoms with Crippen LogP contribution >= 0.6 is 0 Å². The fraction of sp³-hybridized carbons (Fsp3) is 0.474. The molecule has 5 heteroatoms. The lowest BCUT2D eigenvalue weighted by Gasteiger charge is -2.52. The standard InChI is InChI=1S/C19H24N2O3/c1-19(2)14(10-17(19)20-18(22)12-23-3)9-15-11-16(24-21-15)13-7-5-4-6-8-13/h4-8,11,14,17H,9-10,12H2,1-3H3,(H,20,22). The predicted molar refractivity (Wildman–Crippen MR) is 91.3 cm³/mol. The summed E-state index contributed by atoms with van der Waals surface area (Å²) < 4.78 is 10.3. The van der Waals surface area contributed by atoms with Gasteiger partial charge >= 0.3 is 0 Å². The molecule has 2 aromatic rings. The van der Waals surface area contributed by atoms with Crippen LogP contribution in [0.3, 0.4) is 0 Å². The van der Waals surface area contributed by atoms with Crippen molar-refractivity contribution < 1.29 is 14.1 Å². The average molecular weight is 328 g/mol. The third kappa shape index (κ3) is 3.36. The Hall–Kier alpha value is -2.14. The van der Waals surface area contributed by atoms with Crippen molar-refractivity contribution in [1.82, 2.24) is 10.5 Å². The van der Waals surface area contributed by atoms with Crippen LogP contribution in [0.5, 0.6) is 0 Å². The van der Waals surface area contributed by atoms with Gasteiger partial charge in [0.15, 0.2) is 5.76 Å². The molecule has 1 N–H and O–H groups in total. The SMILES string of the molecule is COCC(=O)NC1CC(Cc2cc(-c3ccccc3)on2)C1(C)C. The maximum atomic E-state index is 11.7. The summed E-state index contributed by atoms with van der Waals surface area (Å²) in [4.78, 5) is 11.7. The van der Waals surface area contributed by atoms with Gasteiger partial charge in [0.05, 0.1) is 5.69 Å². The van der Waals surface area contributed by atoms with Gasteiger partial charge in [-0.05, 0) is 24.2 Å². The minimum absolute atomic E-state index is 0.0370. The van der Waals surface area contributed by atoms with Crippen LogP contribution in [-0.4, -0.2) is 30.8 Å². The van der Waals surface area contributed by atoms with Crippen molar-refractivity contribution in [2.45, 2.75) is 32.7 Å². The first-order valence-corrected chi connectivity index (χ1v) is 8.30. The molecule has 5 nitrogen and oxygen atoms in total. The highest BCUT2D eigenvalue weighted by Gasteiger charge is 2.48. The number of rotatable bonds is 6. The molecule has 0 bridgehead atoms. The lowest BCUT2D eigenvalue weighted by molar-refractivity contribution is -0.129. The molecule has 0 radical (unpaired) electrons. The number of nitrogens with zero attached hydrogens (tertiary/aromatic N) is 1. The molecule has 24 heavy (non-hydrogen) atoms. The van der Waals surface area contributed by atoms with Crippen molar-refractivity contribution in [3.63, 3.8) is 0 Å². The zero-order chi connectivity index (χ0) is 17.2. The number of methoxy groups -OCH3 is 1. The Morgan fingerprint density at radius 3 is 2.79 bits per heavy atom. The third-order valence-electron chi connectivity index (χ3n) is 5.15. The Balaban J connectivity index is 1.60.